The van der Waals surface area contributed by atoms with Crippen molar-refractivity contribution in [2.45, 2.75) is 46.3 Å². The normalized spacial score (nSPS) is 11.7. The molecule has 0 radical (unpaired) electrons. The molecule has 202 valence electrons. The first-order valence-electron chi connectivity index (χ1n) is 13.1. The molecule has 2 aromatic carbocycles. The zero-order valence-corrected chi connectivity index (χ0v) is 22.3. The summed E-state index contributed by atoms with van der Waals surface area (Å²) < 4.78 is 13.1. The van der Waals surface area contributed by atoms with Gasteiger partial charge in [0.2, 0.25) is 5.95 Å². The number of nitrogens with zero attached hydrogens (tertiary/aromatic N) is 2. The Kier molecular flexibility index (Phi) is 10.9. The van der Waals surface area contributed by atoms with Crippen molar-refractivity contribution in [3.05, 3.63) is 89.0 Å². The number of halogens is 1. The molecule has 0 aliphatic carbocycles. The van der Waals surface area contributed by atoms with Crippen molar-refractivity contribution < 1.29 is 19.1 Å². The van der Waals surface area contributed by atoms with Crippen molar-refractivity contribution in [1.29, 1.82) is 0 Å². The van der Waals surface area contributed by atoms with Gasteiger partial charge in [0.15, 0.2) is 0 Å². The number of aryl methyl sites for hydroxylation is 1. The average Bonchev–Trinajstić information content (AvgIpc) is 2.91. The van der Waals surface area contributed by atoms with Crippen LogP contribution < -0.4 is 10.6 Å². The summed E-state index contributed by atoms with van der Waals surface area (Å²) >= 11 is 0. The van der Waals surface area contributed by atoms with Crippen LogP contribution in [0.25, 0.3) is 11.1 Å². The molecule has 0 unspecified atom stereocenters. The number of benzene rings is 2. The monoisotopic (exact) mass is 520 g/mol. The molecule has 1 heterocycles. The molecule has 0 saturated heterocycles. The third-order valence-electron chi connectivity index (χ3n) is 6.06. The first-order valence-corrected chi connectivity index (χ1v) is 13.1. The lowest BCUT2D eigenvalue weighted by Gasteiger charge is -2.22. The number of hydrogen-bond acceptors (Lipinski definition) is 5. The second kappa shape index (κ2) is 14.4. The van der Waals surface area contributed by atoms with Crippen LogP contribution in [0, 0.1) is 12.9 Å². The van der Waals surface area contributed by atoms with Crippen molar-refractivity contribution in [3.8, 4) is 11.1 Å². The number of aliphatic hydroxyl groups excluding tert-OH is 1. The summed E-state index contributed by atoms with van der Waals surface area (Å²) in [6.45, 7) is 8.15. The van der Waals surface area contributed by atoms with Crippen LogP contribution >= 0.6 is 0 Å². The first-order chi connectivity index (χ1) is 18.3. The maximum absolute atomic E-state index is 13.1. The highest BCUT2D eigenvalue weighted by atomic mass is 19.1. The van der Waals surface area contributed by atoms with Gasteiger partial charge in [-0.25, -0.2) is 4.98 Å². The largest absolute Gasteiger partial charge is 0.390 e. The van der Waals surface area contributed by atoms with E-state index in [2.05, 4.69) is 15.6 Å². The maximum atomic E-state index is 13.1. The van der Waals surface area contributed by atoms with Crippen LogP contribution in [0.5, 0.6) is 0 Å². The molecule has 7 nitrogen and oxygen atoms in total. The van der Waals surface area contributed by atoms with E-state index in [1.54, 1.807) is 24.3 Å². The number of aromatic nitrogens is 1. The Morgan fingerprint density at radius 3 is 2.39 bits per heavy atom. The highest BCUT2D eigenvalue weighted by molar-refractivity contribution is 6.00. The lowest BCUT2D eigenvalue weighted by atomic mass is 10.0. The highest BCUT2D eigenvalue weighted by Gasteiger charge is 2.17. The van der Waals surface area contributed by atoms with Gasteiger partial charge in [-0.15, -0.1) is 0 Å². The summed E-state index contributed by atoms with van der Waals surface area (Å²) in [5.41, 5.74) is 4.47. The van der Waals surface area contributed by atoms with Crippen LogP contribution in [0.3, 0.4) is 0 Å². The van der Waals surface area contributed by atoms with Crippen LogP contribution in [0.2, 0.25) is 0 Å². The predicted octanol–water partition coefficient (Wildman–Crippen LogP) is 4.34. The summed E-state index contributed by atoms with van der Waals surface area (Å²) in [6, 6.07) is 16.0. The van der Waals surface area contributed by atoms with Crippen molar-refractivity contribution >= 4 is 11.8 Å². The van der Waals surface area contributed by atoms with Gasteiger partial charge in [-0.3, -0.25) is 9.59 Å². The lowest BCUT2D eigenvalue weighted by molar-refractivity contribution is 0.0755. The van der Waals surface area contributed by atoms with Crippen molar-refractivity contribution in [1.82, 2.24) is 20.5 Å². The molecule has 0 aliphatic rings. The van der Waals surface area contributed by atoms with Crippen molar-refractivity contribution in [3.63, 3.8) is 0 Å². The van der Waals surface area contributed by atoms with Crippen LogP contribution in [0.4, 0.5) is 4.39 Å². The minimum absolute atomic E-state index is 0.0716. The summed E-state index contributed by atoms with van der Waals surface area (Å²) in [5.74, 6) is -0.926. The highest BCUT2D eigenvalue weighted by Crippen LogP contribution is 2.20. The summed E-state index contributed by atoms with van der Waals surface area (Å²) in [5, 5.41) is 16.3. The van der Waals surface area contributed by atoms with E-state index in [1.165, 1.54) is 12.3 Å². The molecular weight excluding hydrogens is 483 g/mol. The minimum Gasteiger partial charge on any atom is -0.390 e. The SMILES string of the molecule is CCCN(CCC)C(=O)c1cc(C)cc(C(=O)NC[C@H](O)CNCc2cccc(-c3ccc(F)nc3)c2)c1. The third-order valence-corrected chi connectivity index (χ3v) is 6.06. The van der Waals surface area contributed by atoms with Crippen LogP contribution in [-0.4, -0.2) is 59.1 Å². The fourth-order valence-corrected chi connectivity index (χ4v) is 4.25. The smallest absolute Gasteiger partial charge is 0.253 e. The molecule has 0 fully saturated rings. The lowest BCUT2D eigenvalue weighted by Crippen LogP contribution is -2.38. The van der Waals surface area contributed by atoms with E-state index in [1.807, 2.05) is 49.9 Å². The molecule has 1 aromatic heterocycles. The van der Waals surface area contributed by atoms with E-state index in [4.69, 9.17) is 0 Å². The molecule has 3 N–H and O–H groups in total. The molecule has 0 saturated carbocycles. The van der Waals surface area contributed by atoms with Crippen LogP contribution in [0.15, 0.2) is 60.8 Å². The minimum atomic E-state index is -0.793. The zero-order valence-electron chi connectivity index (χ0n) is 22.3. The Bertz CT molecular complexity index is 1210. The number of rotatable bonds is 13. The molecule has 0 aliphatic heterocycles. The number of aliphatic hydroxyl groups is 1. The van der Waals surface area contributed by atoms with Crippen molar-refractivity contribution in [2.75, 3.05) is 26.2 Å². The molecule has 8 heteroatoms. The summed E-state index contributed by atoms with van der Waals surface area (Å²) in [6.07, 6.45) is 2.44. The van der Waals surface area contributed by atoms with Gasteiger partial charge in [0.05, 0.1) is 6.10 Å². The van der Waals surface area contributed by atoms with E-state index in [0.29, 0.717) is 30.8 Å². The number of amides is 2. The number of carbonyl (C=O) groups is 2. The zero-order chi connectivity index (χ0) is 27.5. The Balaban J connectivity index is 1.51. The number of nitrogens with one attached hydrogen (secondary N) is 2. The summed E-state index contributed by atoms with van der Waals surface area (Å²) in [4.78, 5) is 31.3. The molecule has 3 aromatic rings. The van der Waals surface area contributed by atoms with Crippen LogP contribution in [0.1, 0.15) is 58.5 Å². The molecule has 1 atom stereocenters. The molecule has 0 bridgehead atoms. The van der Waals surface area contributed by atoms with Gasteiger partial charge < -0.3 is 20.6 Å². The van der Waals surface area contributed by atoms with E-state index in [0.717, 1.165) is 35.1 Å². The van der Waals surface area contributed by atoms with E-state index in [-0.39, 0.29) is 24.9 Å². The van der Waals surface area contributed by atoms with Crippen LogP contribution in [-0.2, 0) is 6.54 Å². The fourth-order valence-electron chi connectivity index (χ4n) is 4.25. The van der Waals surface area contributed by atoms with Gasteiger partial charge in [-0.1, -0.05) is 32.0 Å². The average molecular weight is 521 g/mol. The standard InChI is InChI=1S/C30H37FN4O3/c1-4-11-35(12-5-2)30(38)26-14-21(3)13-25(16-26)29(37)34-20-27(36)19-32-17-22-7-6-8-23(15-22)24-9-10-28(31)33-18-24/h6-10,13-16,18,27,32,36H,4-5,11-12,17,19-20H2,1-3H3,(H,34,37)/t27-/m1/s1. The first kappa shape index (κ1) is 28.9. The van der Waals surface area contributed by atoms with Gasteiger partial charge >= 0.3 is 0 Å². The molecule has 3 rings (SSSR count). The Labute approximate surface area is 224 Å². The van der Waals surface area contributed by atoms with Gasteiger partial charge in [-0.05, 0) is 72.9 Å². The van der Waals surface area contributed by atoms with E-state index >= 15 is 0 Å². The number of hydrogen-bond donors (Lipinski definition) is 3. The predicted molar refractivity (Wildman–Crippen MR) is 147 cm³/mol. The Morgan fingerprint density at radius 2 is 1.71 bits per heavy atom. The topological polar surface area (TPSA) is 94.6 Å². The van der Waals surface area contributed by atoms with E-state index < -0.39 is 12.1 Å². The maximum Gasteiger partial charge on any atom is 0.253 e. The Hall–Kier alpha value is -3.62. The molecule has 38 heavy (non-hydrogen) atoms. The number of pyridine rings is 1. The number of carbonyl (C=O) groups excluding carboxylic acids is 2. The Morgan fingerprint density at radius 1 is 0.974 bits per heavy atom. The second-order valence-corrected chi connectivity index (χ2v) is 9.44. The third kappa shape index (κ3) is 8.46. The molecule has 0 spiro atoms. The van der Waals surface area contributed by atoms with Gasteiger partial charge in [0.1, 0.15) is 0 Å². The fraction of sp³-hybridized carbons (Fsp3) is 0.367. The quantitative estimate of drug-likeness (QED) is 0.292. The van der Waals surface area contributed by atoms with Gasteiger partial charge in [0, 0.05) is 55.6 Å². The summed E-state index contributed by atoms with van der Waals surface area (Å²) in [7, 11) is 0. The molecule has 2 amide bonds. The van der Waals surface area contributed by atoms with Gasteiger partial charge in [-0.2, -0.15) is 4.39 Å². The van der Waals surface area contributed by atoms with E-state index in [9.17, 15) is 19.1 Å². The van der Waals surface area contributed by atoms with Crippen molar-refractivity contribution in [2.24, 2.45) is 0 Å². The van der Waals surface area contributed by atoms with Gasteiger partial charge in [0.25, 0.3) is 11.8 Å². The second-order valence-electron chi connectivity index (χ2n) is 9.44. The molecular formula is C30H37FN4O3.